The molecule has 0 radical (unpaired) electrons. The number of ketones is 1. The van der Waals surface area contributed by atoms with E-state index >= 15 is 0 Å². The van der Waals surface area contributed by atoms with Crippen molar-refractivity contribution < 1.29 is 9.18 Å². The van der Waals surface area contributed by atoms with E-state index in [1.54, 1.807) is 0 Å². The maximum atomic E-state index is 12.8. The van der Waals surface area contributed by atoms with Gasteiger partial charge in [0.15, 0.2) is 10.9 Å². The number of hydrogen-bond donors (Lipinski definition) is 2. The maximum absolute atomic E-state index is 12.8. The lowest BCUT2D eigenvalue weighted by molar-refractivity contribution is 0.0982. The summed E-state index contributed by atoms with van der Waals surface area (Å²) in [6, 6.07) is 7.04. The molecule has 2 aromatic rings. The van der Waals surface area contributed by atoms with Crippen LogP contribution in [0.3, 0.4) is 0 Å². The van der Waals surface area contributed by atoms with E-state index < -0.39 is 0 Å². The molecule has 0 amide bonds. The third-order valence-corrected chi connectivity index (χ3v) is 3.62. The molecule has 4 N–H and O–H groups in total. The zero-order valence-corrected chi connectivity index (χ0v) is 12.1. The summed E-state index contributed by atoms with van der Waals surface area (Å²) in [7, 11) is 0. The number of hydrogen-bond acceptors (Lipinski definition) is 6. The third-order valence-electron chi connectivity index (χ3n) is 2.69. The largest absolute Gasteiger partial charge is 0.383 e. The van der Waals surface area contributed by atoms with E-state index in [9.17, 15) is 9.18 Å². The molecular formula is C14H15FN4OS. The number of nitrogens with two attached hydrogens (primary N) is 2. The topological polar surface area (TPSA) is 94.9 Å². The molecule has 0 aliphatic heterocycles. The van der Waals surface area contributed by atoms with Gasteiger partial charge in [0.25, 0.3) is 0 Å². The van der Waals surface area contributed by atoms with Gasteiger partial charge in [-0.25, -0.2) is 14.4 Å². The summed E-state index contributed by atoms with van der Waals surface area (Å²) < 4.78 is 12.8. The number of halogens is 1. The van der Waals surface area contributed by atoms with Crippen LogP contribution in [0.4, 0.5) is 16.0 Å². The van der Waals surface area contributed by atoms with Gasteiger partial charge >= 0.3 is 0 Å². The molecule has 0 bridgehead atoms. The Labute approximate surface area is 126 Å². The Kier molecular flexibility index (Phi) is 5.10. The van der Waals surface area contributed by atoms with Crippen molar-refractivity contribution in [2.24, 2.45) is 0 Å². The molecule has 0 aliphatic rings. The molecule has 7 heteroatoms. The summed E-state index contributed by atoms with van der Waals surface area (Å²) >= 11 is 1.39. The number of thioether (sulfide) groups is 1. The van der Waals surface area contributed by atoms with Crippen molar-refractivity contribution in [1.29, 1.82) is 0 Å². The second-order valence-corrected chi connectivity index (χ2v) is 5.44. The minimum absolute atomic E-state index is 0.0105. The highest BCUT2D eigenvalue weighted by molar-refractivity contribution is 7.99. The number of carbonyl (C=O) groups is 1. The van der Waals surface area contributed by atoms with Crippen molar-refractivity contribution in [3.63, 3.8) is 0 Å². The van der Waals surface area contributed by atoms with E-state index in [1.165, 1.54) is 42.1 Å². The predicted octanol–water partition coefficient (Wildman–Crippen LogP) is 2.54. The fourth-order valence-corrected chi connectivity index (χ4v) is 2.51. The summed E-state index contributed by atoms with van der Waals surface area (Å²) in [5.41, 5.74) is 11.7. The molecule has 21 heavy (non-hydrogen) atoms. The van der Waals surface area contributed by atoms with Crippen LogP contribution in [0, 0.1) is 5.82 Å². The van der Waals surface area contributed by atoms with E-state index in [2.05, 4.69) is 9.97 Å². The molecule has 0 atom stereocenters. The first-order chi connectivity index (χ1) is 10.0. The van der Waals surface area contributed by atoms with Crippen molar-refractivity contribution in [3.05, 3.63) is 41.7 Å². The quantitative estimate of drug-likeness (QED) is 0.368. The average Bonchev–Trinajstić information content (AvgIpc) is 2.43. The average molecular weight is 306 g/mol. The molecule has 0 spiro atoms. The first-order valence-electron chi connectivity index (χ1n) is 6.36. The van der Waals surface area contributed by atoms with E-state index in [1.807, 2.05) is 0 Å². The molecule has 0 saturated heterocycles. The zero-order chi connectivity index (χ0) is 15.2. The molecule has 0 saturated carbocycles. The fraction of sp³-hybridized carbons (Fsp3) is 0.214. The highest BCUT2D eigenvalue weighted by Crippen LogP contribution is 2.18. The van der Waals surface area contributed by atoms with Gasteiger partial charge in [-0.2, -0.15) is 0 Å². The van der Waals surface area contributed by atoms with Crippen LogP contribution in [0.25, 0.3) is 0 Å². The van der Waals surface area contributed by atoms with E-state index in [4.69, 9.17) is 11.5 Å². The minimum Gasteiger partial charge on any atom is -0.383 e. The van der Waals surface area contributed by atoms with Gasteiger partial charge in [0, 0.05) is 23.8 Å². The molecule has 1 aromatic heterocycles. The van der Waals surface area contributed by atoms with Crippen LogP contribution in [0.1, 0.15) is 23.2 Å². The SMILES string of the molecule is Nc1cc(N)nc(SCCCC(=O)c2ccc(F)cc2)n1. The van der Waals surface area contributed by atoms with Gasteiger partial charge < -0.3 is 11.5 Å². The lowest BCUT2D eigenvalue weighted by Gasteiger charge is -2.03. The number of carbonyl (C=O) groups excluding carboxylic acids is 1. The number of anilines is 2. The first-order valence-corrected chi connectivity index (χ1v) is 7.35. The van der Waals surface area contributed by atoms with E-state index in [0.29, 0.717) is 41.0 Å². The Morgan fingerprint density at radius 3 is 2.38 bits per heavy atom. The number of rotatable bonds is 6. The molecule has 1 aromatic carbocycles. The highest BCUT2D eigenvalue weighted by atomic mass is 32.2. The summed E-state index contributed by atoms with van der Waals surface area (Å²) in [6.07, 6.45) is 1.05. The van der Waals surface area contributed by atoms with Gasteiger partial charge in [-0.3, -0.25) is 4.79 Å². The molecule has 5 nitrogen and oxygen atoms in total. The molecule has 1 heterocycles. The van der Waals surface area contributed by atoms with Crippen LogP contribution >= 0.6 is 11.8 Å². The lowest BCUT2D eigenvalue weighted by Crippen LogP contribution is -2.01. The van der Waals surface area contributed by atoms with Crippen LogP contribution in [-0.4, -0.2) is 21.5 Å². The maximum Gasteiger partial charge on any atom is 0.191 e. The Morgan fingerprint density at radius 1 is 1.14 bits per heavy atom. The van der Waals surface area contributed by atoms with Crippen molar-refractivity contribution in [2.75, 3.05) is 17.2 Å². The standard InChI is InChI=1S/C14H15FN4OS/c15-10-5-3-9(4-6-10)11(20)2-1-7-21-14-18-12(16)8-13(17)19-14/h3-6,8H,1-2,7H2,(H4,16,17,18,19). The Bertz CT molecular complexity index is 613. The molecular weight excluding hydrogens is 291 g/mol. The van der Waals surface area contributed by atoms with Gasteiger partial charge in [-0.05, 0) is 30.7 Å². The zero-order valence-electron chi connectivity index (χ0n) is 11.3. The number of Topliss-reactive ketones (excluding diaryl/α,β-unsaturated/α-hetero) is 1. The van der Waals surface area contributed by atoms with Gasteiger partial charge in [0.2, 0.25) is 0 Å². The fourth-order valence-electron chi connectivity index (χ4n) is 1.70. The Hall–Kier alpha value is -2.15. The Balaban J connectivity index is 1.79. The van der Waals surface area contributed by atoms with Crippen LogP contribution in [0.2, 0.25) is 0 Å². The van der Waals surface area contributed by atoms with Crippen molar-refractivity contribution in [3.8, 4) is 0 Å². The van der Waals surface area contributed by atoms with Crippen LogP contribution in [-0.2, 0) is 0 Å². The predicted molar refractivity (Wildman–Crippen MR) is 81.5 cm³/mol. The third kappa shape index (κ3) is 4.71. The van der Waals surface area contributed by atoms with Crippen molar-refractivity contribution >= 4 is 29.2 Å². The second kappa shape index (κ2) is 7.03. The normalized spacial score (nSPS) is 10.5. The highest BCUT2D eigenvalue weighted by Gasteiger charge is 2.07. The number of nitrogen functional groups attached to an aromatic ring is 2. The first kappa shape index (κ1) is 15.2. The van der Waals surface area contributed by atoms with Gasteiger partial charge in [-0.15, -0.1) is 0 Å². The summed E-state index contributed by atoms with van der Waals surface area (Å²) in [4.78, 5) is 20.0. The second-order valence-electron chi connectivity index (χ2n) is 4.38. The number of benzene rings is 1. The molecule has 0 fully saturated rings. The smallest absolute Gasteiger partial charge is 0.191 e. The van der Waals surface area contributed by atoms with Crippen LogP contribution in [0.15, 0.2) is 35.5 Å². The molecule has 2 rings (SSSR count). The van der Waals surface area contributed by atoms with Gasteiger partial charge in [-0.1, -0.05) is 11.8 Å². The number of nitrogens with zero attached hydrogens (tertiary/aromatic N) is 2. The van der Waals surface area contributed by atoms with E-state index in [-0.39, 0.29) is 11.6 Å². The van der Waals surface area contributed by atoms with Crippen molar-refractivity contribution in [2.45, 2.75) is 18.0 Å². The molecule has 110 valence electrons. The van der Waals surface area contributed by atoms with Gasteiger partial charge in [0.1, 0.15) is 17.5 Å². The minimum atomic E-state index is -0.349. The summed E-state index contributed by atoms with van der Waals surface area (Å²) in [6.45, 7) is 0. The van der Waals surface area contributed by atoms with Crippen LogP contribution < -0.4 is 11.5 Å². The Morgan fingerprint density at radius 2 is 1.76 bits per heavy atom. The summed E-state index contributed by atoms with van der Waals surface area (Å²) in [5, 5.41) is 0.502. The monoisotopic (exact) mass is 306 g/mol. The number of aromatic nitrogens is 2. The lowest BCUT2D eigenvalue weighted by atomic mass is 10.1. The van der Waals surface area contributed by atoms with Crippen LogP contribution in [0.5, 0.6) is 0 Å². The van der Waals surface area contributed by atoms with Crippen molar-refractivity contribution in [1.82, 2.24) is 9.97 Å². The van der Waals surface area contributed by atoms with Gasteiger partial charge in [0.05, 0.1) is 0 Å². The molecule has 0 aliphatic carbocycles. The summed E-state index contributed by atoms with van der Waals surface area (Å²) in [5.74, 6) is 0.970. The molecule has 0 unspecified atom stereocenters. The van der Waals surface area contributed by atoms with E-state index in [0.717, 1.165) is 0 Å².